The monoisotopic (exact) mass is 452 g/mol. The minimum Gasteiger partial charge on any atom is -0.467 e. The van der Waals surface area contributed by atoms with Crippen LogP contribution in [-0.2, 0) is 35.7 Å². The van der Waals surface area contributed by atoms with Crippen LogP contribution in [0.2, 0.25) is 5.02 Å². The Morgan fingerprint density at radius 2 is 1.94 bits per heavy atom. The number of carbonyl (C=O) groups is 1. The van der Waals surface area contributed by atoms with Crippen molar-refractivity contribution in [2.75, 3.05) is 0 Å². The summed E-state index contributed by atoms with van der Waals surface area (Å²) in [6.45, 7) is 1.36. The Morgan fingerprint density at radius 1 is 1.06 bits per heavy atom. The molecule has 0 bridgehead atoms. The Labute approximate surface area is 189 Å². The molecule has 0 fully saturated rings. The number of nitrogens with zero attached hydrogens (tertiary/aromatic N) is 1. The van der Waals surface area contributed by atoms with Crippen LogP contribution in [-0.4, -0.2) is 10.9 Å². The molecule has 5 nitrogen and oxygen atoms in total. The second kappa shape index (κ2) is 10.4. The van der Waals surface area contributed by atoms with E-state index in [-0.39, 0.29) is 12.3 Å². The van der Waals surface area contributed by atoms with E-state index in [1.807, 2.05) is 66.0 Å². The van der Waals surface area contributed by atoms with E-state index in [0.717, 1.165) is 33.2 Å². The normalized spacial score (nSPS) is 10.9. The second-order valence-electron chi connectivity index (χ2n) is 6.97. The quantitative estimate of drug-likeness (QED) is 0.357. The maximum Gasteiger partial charge on any atom is 0.226 e. The fourth-order valence-electron chi connectivity index (χ4n) is 3.07. The van der Waals surface area contributed by atoms with Gasteiger partial charge in [-0.25, -0.2) is 4.98 Å². The van der Waals surface area contributed by atoms with Gasteiger partial charge in [0.2, 0.25) is 5.91 Å². The lowest BCUT2D eigenvalue weighted by atomic mass is 10.1. The molecule has 4 rings (SSSR count). The second-order valence-corrected chi connectivity index (χ2v) is 8.23. The summed E-state index contributed by atoms with van der Waals surface area (Å²) in [6.07, 6.45) is 1.86. The van der Waals surface area contributed by atoms with Crippen molar-refractivity contribution in [3.8, 4) is 10.6 Å². The number of hydrogen-bond acceptors (Lipinski definition) is 5. The Bertz CT molecular complexity index is 1140. The van der Waals surface area contributed by atoms with Crippen LogP contribution in [0.5, 0.6) is 0 Å². The van der Waals surface area contributed by atoms with E-state index in [2.05, 4.69) is 10.3 Å². The molecule has 2 aromatic carbocycles. The Morgan fingerprint density at radius 3 is 2.77 bits per heavy atom. The van der Waals surface area contributed by atoms with Gasteiger partial charge in [-0.3, -0.25) is 4.79 Å². The van der Waals surface area contributed by atoms with Crippen LogP contribution >= 0.6 is 22.9 Å². The average Bonchev–Trinajstić information content (AvgIpc) is 3.45. The maximum absolute atomic E-state index is 12.4. The lowest BCUT2D eigenvalue weighted by Crippen LogP contribution is -2.24. The van der Waals surface area contributed by atoms with Gasteiger partial charge in [-0.15, -0.1) is 11.3 Å². The Kier molecular flexibility index (Phi) is 7.14. The van der Waals surface area contributed by atoms with E-state index in [9.17, 15) is 4.79 Å². The number of halogens is 1. The summed E-state index contributed by atoms with van der Waals surface area (Å²) >= 11 is 7.72. The van der Waals surface area contributed by atoms with Crippen LogP contribution in [0.4, 0.5) is 0 Å². The third-order valence-corrected chi connectivity index (χ3v) is 5.83. The first-order chi connectivity index (χ1) is 15.2. The van der Waals surface area contributed by atoms with Crippen molar-refractivity contribution in [1.82, 2.24) is 10.3 Å². The predicted octanol–water partition coefficient (Wildman–Crippen LogP) is 5.63. The molecule has 0 aliphatic rings. The molecule has 158 valence electrons. The zero-order valence-electron chi connectivity index (χ0n) is 16.7. The molecule has 0 spiro atoms. The predicted molar refractivity (Wildman–Crippen MR) is 122 cm³/mol. The van der Waals surface area contributed by atoms with E-state index in [0.29, 0.717) is 24.8 Å². The zero-order valence-corrected chi connectivity index (χ0v) is 18.3. The van der Waals surface area contributed by atoms with Crippen molar-refractivity contribution in [3.63, 3.8) is 0 Å². The van der Waals surface area contributed by atoms with Crippen molar-refractivity contribution in [3.05, 3.63) is 99.9 Å². The number of benzene rings is 2. The third-order valence-electron chi connectivity index (χ3n) is 4.57. The van der Waals surface area contributed by atoms with E-state index < -0.39 is 0 Å². The molecule has 0 saturated carbocycles. The fraction of sp³-hybridized carbons (Fsp3) is 0.167. The number of furan rings is 1. The summed E-state index contributed by atoms with van der Waals surface area (Å²) in [5.41, 5.74) is 3.68. The highest BCUT2D eigenvalue weighted by Crippen LogP contribution is 2.30. The molecular weight excluding hydrogens is 432 g/mol. The van der Waals surface area contributed by atoms with Crippen LogP contribution < -0.4 is 5.32 Å². The molecule has 2 heterocycles. The maximum atomic E-state index is 12.4. The fourth-order valence-corrected chi connectivity index (χ4v) is 4.21. The van der Waals surface area contributed by atoms with Gasteiger partial charge in [0, 0.05) is 17.5 Å². The zero-order chi connectivity index (χ0) is 21.5. The molecule has 2 aromatic heterocycles. The number of amides is 1. The molecule has 0 radical (unpaired) electrons. The van der Waals surface area contributed by atoms with E-state index in [4.69, 9.17) is 20.8 Å². The van der Waals surface area contributed by atoms with Gasteiger partial charge in [-0.2, -0.15) is 0 Å². The minimum absolute atomic E-state index is 0.0736. The van der Waals surface area contributed by atoms with Crippen molar-refractivity contribution < 1.29 is 13.9 Å². The molecule has 1 amide bonds. The molecule has 4 aromatic rings. The highest BCUT2D eigenvalue weighted by molar-refractivity contribution is 7.13. The van der Waals surface area contributed by atoms with Gasteiger partial charge in [-0.1, -0.05) is 54.1 Å². The van der Waals surface area contributed by atoms with E-state index >= 15 is 0 Å². The highest BCUT2D eigenvalue weighted by atomic mass is 35.5. The Balaban J connectivity index is 1.27. The van der Waals surface area contributed by atoms with Gasteiger partial charge >= 0.3 is 0 Å². The lowest BCUT2D eigenvalue weighted by molar-refractivity contribution is -0.120. The highest BCUT2D eigenvalue weighted by Gasteiger charge is 2.11. The summed E-state index contributed by atoms with van der Waals surface area (Å²) < 4.78 is 10.9. The van der Waals surface area contributed by atoms with Gasteiger partial charge in [0.05, 0.1) is 30.0 Å². The SMILES string of the molecule is O=C(Cc1csc(-c2ccccc2Cl)n1)NCc1cccc(COCc2ccco2)c1. The summed E-state index contributed by atoms with van der Waals surface area (Å²) in [7, 11) is 0. The number of aromatic nitrogens is 1. The van der Waals surface area contributed by atoms with Crippen LogP contribution in [0.15, 0.2) is 76.7 Å². The number of hydrogen-bond donors (Lipinski definition) is 1. The Hall–Kier alpha value is -2.93. The molecule has 0 saturated heterocycles. The molecule has 0 unspecified atom stereocenters. The van der Waals surface area contributed by atoms with Crippen molar-refractivity contribution in [1.29, 1.82) is 0 Å². The summed E-state index contributed by atoms with van der Waals surface area (Å²) in [5, 5.41) is 6.32. The molecule has 0 aliphatic carbocycles. The van der Waals surface area contributed by atoms with E-state index in [1.54, 1.807) is 6.26 Å². The number of nitrogens with one attached hydrogen (secondary N) is 1. The van der Waals surface area contributed by atoms with E-state index in [1.165, 1.54) is 11.3 Å². The third kappa shape index (κ3) is 6.04. The van der Waals surface area contributed by atoms with Gasteiger partial charge in [0.15, 0.2) is 0 Å². The van der Waals surface area contributed by atoms with Crippen molar-refractivity contribution in [2.24, 2.45) is 0 Å². The van der Waals surface area contributed by atoms with Crippen LogP contribution in [0, 0.1) is 0 Å². The number of carbonyl (C=O) groups excluding carboxylic acids is 1. The summed E-state index contributed by atoms with van der Waals surface area (Å²) in [6, 6.07) is 19.3. The largest absolute Gasteiger partial charge is 0.467 e. The molecular formula is C24H21ClN2O3S. The average molecular weight is 453 g/mol. The lowest BCUT2D eigenvalue weighted by Gasteiger charge is -2.07. The van der Waals surface area contributed by atoms with Crippen molar-refractivity contribution in [2.45, 2.75) is 26.2 Å². The smallest absolute Gasteiger partial charge is 0.226 e. The number of ether oxygens (including phenoxy) is 1. The topological polar surface area (TPSA) is 64.4 Å². The van der Waals surface area contributed by atoms with Gasteiger partial charge in [0.25, 0.3) is 0 Å². The van der Waals surface area contributed by atoms with Crippen LogP contribution in [0.3, 0.4) is 0 Å². The molecule has 31 heavy (non-hydrogen) atoms. The first-order valence-electron chi connectivity index (χ1n) is 9.81. The van der Waals surface area contributed by atoms with Crippen LogP contribution in [0.25, 0.3) is 10.6 Å². The molecule has 7 heteroatoms. The summed E-state index contributed by atoms with van der Waals surface area (Å²) in [5.74, 6) is 0.721. The molecule has 1 N–H and O–H groups in total. The molecule has 0 atom stereocenters. The number of thiazole rings is 1. The van der Waals surface area contributed by atoms with Crippen LogP contribution in [0.1, 0.15) is 22.6 Å². The first kappa shape index (κ1) is 21.3. The van der Waals surface area contributed by atoms with Crippen molar-refractivity contribution >= 4 is 28.8 Å². The minimum atomic E-state index is -0.0736. The summed E-state index contributed by atoms with van der Waals surface area (Å²) in [4.78, 5) is 16.9. The van der Waals surface area contributed by atoms with Gasteiger partial charge in [-0.05, 0) is 29.3 Å². The standard InChI is InChI=1S/C24H21ClN2O3S/c25-22-9-2-1-8-21(22)24-27-19(16-31-24)12-23(28)26-13-17-5-3-6-18(11-17)14-29-15-20-7-4-10-30-20/h1-11,16H,12-15H2,(H,26,28). The number of rotatable bonds is 9. The first-order valence-corrected chi connectivity index (χ1v) is 11.1. The van der Waals surface area contributed by atoms with Gasteiger partial charge < -0.3 is 14.5 Å². The van der Waals surface area contributed by atoms with Gasteiger partial charge in [0.1, 0.15) is 17.4 Å². The molecule has 0 aliphatic heterocycles.